The third-order valence-electron chi connectivity index (χ3n) is 5.92. The van der Waals surface area contributed by atoms with Crippen molar-refractivity contribution in [2.24, 2.45) is 11.7 Å². The Hall–Kier alpha value is -2.09. The first-order valence-corrected chi connectivity index (χ1v) is 9.70. The molecule has 28 heavy (non-hydrogen) atoms. The van der Waals surface area contributed by atoms with E-state index in [-0.39, 0.29) is 54.3 Å². The van der Waals surface area contributed by atoms with Gasteiger partial charge in [-0.25, -0.2) is 13.2 Å². The fraction of sp³-hybridized carbons (Fsp3) is 0.600. The SMILES string of the molecule is CC(=O)NCCC(=O)N1C2CC[C@H]1CC(C(N)Cc1cc(F)c(F)cc1F)C2. The number of nitrogens with two attached hydrogens (primary N) is 1. The monoisotopic (exact) mass is 397 g/mol. The first-order chi connectivity index (χ1) is 13.3. The number of nitrogens with one attached hydrogen (secondary N) is 1. The smallest absolute Gasteiger partial charge is 0.224 e. The van der Waals surface area contributed by atoms with Gasteiger partial charge in [-0.2, -0.15) is 0 Å². The van der Waals surface area contributed by atoms with Gasteiger partial charge in [0.1, 0.15) is 5.82 Å². The highest BCUT2D eigenvalue weighted by molar-refractivity contribution is 5.79. The van der Waals surface area contributed by atoms with Crippen LogP contribution in [0.2, 0.25) is 0 Å². The van der Waals surface area contributed by atoms with Gasteiger partial charge in [-0.3, -0.25) is 9.59 Å². The first-order valence-electron chi connectivity index (χ1n) is 9.70. The molecule has 2 bridgehead atoms. The average Bonchev–Trinajstić information content (AvgIpc) is 2.89. The summed E-state index contributed by atoms with van der Waals surface area (Å²) in [4.78, 5) is 25.4. The van der Waals surface area contributed by atoms with E-state index in [1.807, 2.05) is 4.90 Å². The zero-order valence-electron chi connectivity index (χ0n) is 15.9. The molecular weight excluding hydrogens is 371 g/mol. The van der Waals surface area contributed by atoms with E-state index in [4.69, 9.17) is 5.73 Å². The molecule has 2 amide bonds. The van der Waals surface area contributed by atoms with Crippen LogP contribution < -0.4 is 11.1 Å². The van der Waals surface area contributed by atoms with Gasteiger partial charge >= 0.3 is 0 Å². The largest absolute Gasteiger partial charge is 0.356 e. The second-order valence-electron chi connectivity index (χ2n) is 7.88. The molecule has 0 spiro atoms. The number of fused-ring (bicyclic) bond motifs is 2. The fourth-order valence-corrected chi connectivity index (χ4v) is 4.59. The normalized spacial score (nSPS) is 24.9. The fourth-order valence-electron chi connectivity index (χ4n) is 4.59. The van der Waals surface area contributed by atoms with Crippen LogP contribution in [0.15, 0.2) is 12.1 Å². The summed E-state index contributed by atoms with van der Waals surface area (Å²) in [6.45, 7) is 1.74. The predicted octanol–water partition coefficient (Wildman–Crippen LogP) is 2.27. The lowest BCUT2D eigenvalue weighted by Gasteiger charge is -2.41. The lowest BCUT2D eigenvalue weighted by molar-refractivity contribution is -0.136. The van der Waals surface area contributed by atoms with E-state index in [2.05, 4.69) is 5.32 Å². The van der Waals surface area contributed by atoms with Gasteiger partial charge in [0.15, 0.2) is 11.6 Å². The van der Waals surface area contributed by atoms with E-state index in [1.54, 1.807) is 0 Å². The van der Waals surface area contributed by atoms with Crippen LogP contribution in [0.25, 0.3) is 0 Å². The molecule has 2 saturated heterocycles. The zero-order chi connectivity index (χ0) is 20.4. The van der Waals surface area contributed by atoms with Crippen molar-refractivity contribution in [3.05, 3.63) is 35.1 Å². The molecule has 0 aliphatic carbocycles. The number of carbonyl (C=O) groups excluding carboxylic acids is 2. The predicted molar refractivity (Wildman–Crippen MR) is 97.7 cm³/mol. The van der Waals surface area contributed by atoms with Crippen LogP contribution in [0.3, 0.4) is 0 Å². The van der Waals surface area contributed by atoms with Gasteiger partial charge in [-0.05, 0) is 49.7 Å². The molecule has 3 unspecified atom stereocenters. The van der Waals surface area contributed by atoms with E-state index in [9.17, 15) is 22.8 Å². The van der Waals surface area contributed by atoms with Crippen molar-refractivity contribution < 1.29 is 22.8 Å². The molecule has 5 nitrogen and oxygen atoms in total. The van der Waals surface area contributed by atoms with Crippen LogP contribution >= 0.6 is 0 Å². The number of carbonyl (C=O) groups is 2. The van der Waals surface area contributed by atoms with Crippen LogP contribution in [0, 0.1) is 23.4 Å². The van der Waals surface area contributed by atoms with Crippen molar-refractivity contribution >= 4 is 11.8 Å². The minimum atomic E-state index is -1.21. The van der Waals surface area contributed by atoms with Crippen molar-refractivity contribution in [2.45, 2.75) is 63.6 Å². The molecule has 8 heteroatoms. The maximum atomic E-state index is 13.9. The molecule has 3 rings (SSSR count). The van der Waals surface area contributed by atoms with Crippen LogP contribution in [-0.4, -0.2) is 41.4 Å². The van der Waals surface area contributed by atoms with Gasteiger partial charge in [0.05, 0.1) is 0 Å². The molecule has 0 aromatic heterocycles. The summed E-state index contributed by atoms with van der Waals surface area (Å²) in [5.41, 5.74) is 6.37. The molecule has 3 N–H and O–H groups in total. The van der Waals surface area contributed by atoms with Gasteiger partial charge in [-0.15, -0.1) is 0 Å². The molecule has 2 aliphatic heterocycles. The Morgan fingerprint density at radius 2 is 1.75 bits per heavy atom. The number of hydrogen-bond donors (Lipinski definition) is 2. The molecule has 2 aliphatic rings. The molecule has 2 heterocycles. The Kier molecular flexibility index (Phi) is 6.27. The highest BCUT2D eigenvalue weighted by atomic mass is 19.2. The molecule has 1 aromatic carbocycles. The molecule has 1 aromatic rings. The van der Waals surface area contributed by atoms with Crippen molar-refractivity contribution in [2.75, 3.05) is 6.54 Å². The van der Waals surface area contributed by atoms with Crippen LogP contribution in [-0.2, 0) is 16.0 Å². The minimum Gasteiger partial charge on any atom is -0.356 e. The summed E-state index contributed by atoms with van der Waals surface area (Å²) in [5, 5.41) is 2.63. The number of benzene rings is 1. The summed E-state index contributed by atoms with van der Waals surface area (Å²) >= 11 is 0. The van der Waals surface area contributed by atoms with Crippen LogP contribution in [0.5, 0.6) is 0 Å². The third kappa shape index (κ3) is 4.48. The number of nitrogens with zero attached hydrogens (tertiary/aromatic N) is 1. The maximum absolute atomic E-state index is 13.9. The van der Waals surface area contributed by atoms with Crippen LogP contribution in [0.1, 0.15) is 44.6 Å². The Labute approximate surface area is 162 Å². The molecule has 0 radical (unpaired) electrons. The summed E-state index contributed by atoms with van der Waals surface area (Å²) < 4.78 is 40.5. The van der Waals surface area contributed by atoms with Crippen molar-refractivity contribution in [3.63, 3.8) is 0 Å². The molecule has 2 fully saturated rings. The second kappa shape index (κ2) is 8.51. The number of rotatable bonds is 6. The standard InChI is InChI=1S/C20H26F3N3O2/c1-11(27)25-5-4-20(28)26-14-2-3-15(26)7-13(6-14)19(24)9-12-8-17(22)18(23)10-16(12)21/h8,10,13-15,19H,2-7,9,24H2,1H3,(H,25,27)/t13?,14-,15?,19?/m0/s1. The Morgan fingerprint density at radius 3 is 2.36 bits per heavy atom. The Bertz CT molecular complexity index is 744. The maximum Gasteiger partial charge on any atom is 0.224 e. The quantitative estimate of drug-likeness (QED) is 0.723. The van der Waals surface area contributed by atoms with Gasteiger partial charge < -0.3 is 16.0 Å². The van der Waals surface area contributed by atoms with E-state index < -0.39 is 17.5 Å². The first kappa shape index (κ1) is 20.6. The molecule has 154 valence electrons. The van der Waals surface area contributed by atoms with Crippen molar-refractivity contribution in [3.8, 4) is 0 Å². The Morgan fingerprint density at radius 1 is 1.14 bits per heavy atom. The summed E-state index contributed by atoms with van der Waals surface area (Å²) in [7, 11) is 0. The number of amides is 2. The van der Waals surface area contributed by atoms with Crippen molar-refractivity contribution in [1.29, 1.82) is 0 Å². The van der Waals surface area contributed by atoms with Gasteiger partial charge in [0, 0.05) is 44.1 Å². The lowest BCUT2D eigenvalue weighted by Crippen LogP contribution is -2.50. The molecule has 0 saturated carbocycles. The second-order valence-corrected chi connectivity index (χ2v) is 7.88. The minimum absolute atomic E-state index is 0.0277. The lowest BCUT2D eigenvalue weighted by atomic mass is 9.82. The van der Waals surface area contributed by atoms with E-state index in [0.29, 0.717) is 12.6 Å². The summed E-state index contributed by atoms with van der Waals surface area (Å²) in [5.74, 6) is -3.13. The summed E-state index contributed by atoms with van der Waals surface area (Å²) in [6.07, 6.45) is 3.63. The third-order valence-corrected chi connectivity index (χ3v) is 5.92. The van der Waals surface area contributed by atoms with Crippen molar-refractivity contribution in [1.82, 2.24) is 10.2 Å². The van der Waals surface area contributed by atoms with Gasteiger partial charge in [-0.1, -0.05) is 0 Å². The number of hydrogen-bond acceptors (Lipinski definition) is 3. The molecular formula is C20H26F3N3O2. The topological polar surface area (TPSA) is 75.4 Å². The van der Waals surface area contributed by atoms with Crippen LogP contribution in [0.4, 0.5) is 13.2 Å². The zero-order valence-corrected chi connectivity index (χ0v) is 15.9. The molecule has 4 atom stereocenters. The Balaban J connectivity index is 1.59. The van der Waals surface area contributed by atoms with Gasteiger partial charge in [0.2, 0.25) is 11.8 Å². The highest BCUT2D eigenvalue weighted by Crippen LogP contribution is 2.40. The summed E-state index contributed by atoms with van der Waals surface area (Å²) in [6, 6.07) is 1.22. The number of piperidine rings is 1. The number of halogens is 3. The van der Waals surface area contributed by atoms with Gasteiger partial charge in [0.25, 0.3) is 0 Å². The van der Waals surface area contributed by atoms with E-state index in [1.165, 1.54) is 6.92 Å². The van der Waals surface area contributed by atoms with E-state index in [0.717, 1.165) is 31.7 Å². The average molecular weight is 397 g/mol. The highest BCUT2D eigenvalue weighted by Gasteiger charge is 2.44. The van der Waals surface area contributed by atoms with E-state index >= 15 is 0 Å².